The minimum Gasteiger partial charge on any atom is -0.385 e. The van der Waals surface area contributed by atoms with Crippen LogP contribution in [-0.2, 0) is 0 Å². The average molecular weight is 218 g/mol. The third kappa shape index (κ3) is 4.87. The Morgan fingerprint density at radius 2 is 1.69 bits per heavy atom. The molecule has 0 atom stereocenters. The molecule has 0 radical (unpaired) electrons. The van der Waals surface area contributed by atoms with Crippen molar-refractivity contribution in [1.82, 2.24) is 0 Å². The van der Waals surface area contributed by atoms with Crippen LogP contribution in [0.5, 0.6) is 0 Å². The van der Waals surface area contributed by atoms with Gasteiger partial charge in [0.05, 0.1) is 0 Å². The fourth-order valence-corrected chi connectivity index (χ4v) is 1.50. The molecule has 1 aromatic rings. The van der Waals surface area contributed by atoms with E-state index in [1.54, 1.807) is 0 Å². The van der Waals surface area contributed by atoms with Gasteiger partial charge in [-0.3, -0.25) is 0 Å². The number of hydrogen-bond donors (Lipinski definition) is 2. The molecule has 0 saturated heterocycles. The summed E-state index contributed by atoms with van der Waals surface area (Å²) in [5.41, 5.74) is 2.33. The van der Waals surface area contributed by atoms with Crippen LogP contribution in [0.25, 0.3) is 0 Å². The summed E-state index contributed by atoms with van der Waals surface area (Å²) in [5.74, 6) is 0. The molecule has 0 aromatic heterocycles. The monoisotopic (exact) mass is 218 g/mol. The highest BCUT2D eigenvalue weighted by Gasteiger charge is 1.92. The van der Waals surface area contributed by atoms with E-state index in [0.29, 0.717) is 0 Å². The molecule has 0 aliphatic rings. The lowest BCUT2D eigenvalue weighted by Crippen LogP contribution is -2.02. The van der Waals surface area contributed by atoms with E-state index in [0.717, 1.165) is 18.8 Å². The van der Waals surface area contributed by atoms with Gasteiger partial charge in [0.1, 0.15) is 0 Å². The van der Waals surface area contributed by atoms with E-state index in [2.05, 4.69) is 48.4 Å². The molecule has 2 nitrogen and oxygen atoms in total. The first-order valence-electron chi connectivity index (χ1n) is 6.05. The molecule has 2 N–H and O–H groups in total. The van der Waals surface area contributed by atoms with E-state index >= 15 is 0 Å². The van der Waals surface area contributed by atoms with Gasteiger partial charge >= 0.3 is 0 Å². The maximum absolute atomic E-state index is 3.68. The number of anilines is 2. The number of rotatable bonds is 8. The minimum atomic E-state index is 0.809. The van der Waals surface area contributed by atoms with Crippen LogP contribution < -0.4 is 10.6 Å². The summed E-state index contributed by atoms with van der Waals surface area (Å²) in [5, 5.41) is 6.67. The van der Waals surface area contributed by atoms with Crippen LogP contribution in [0.3, 0.4) is 0 Å². The Labute approximate surface area is 98.8 Å². The second kappa shape index (κ2) is 7.80. The Balaban J connectivity index is 2.30. The summed E-state index contributed by atoms with van der Waals surface area (Å²) in [6.07, 6.45) is 5.67. The lowest BCUT2D eigenvalue weighted by atomic mass is 10.2. The van der Waals surface area contributed by atoms with E-state index in [1.165, 1.54) is 24.9 Å². The zero-order valence-corrected chi connectivity index (χ0v) is 10.1. The van der Waals surface area contributed by atoms with Gasteiger partial charge in [-0.25, -0.2) is 0 Å². The van der Waals surface area contributed by atoms with Gasteiger partial charge in [0.2, 0.25) is 0 Å². The maximum Gasteiger partial charge on any atom is 0.0344 e. The highest BCUT2D eigenvalue weighted by atomic mass is 14.9. The molecular weight excluding hydrogens is 196 g/mol. The van der Waals surface area contributed by atoms with Crippen LogP contribution >= 0.6 is 0 Å². The molecule has 0 spiro atoms. The second-order valence-electron chi connectivity index (χ2n) is 3.88. The Morgan fingerprint density at radius 3 is 2.25 bits per heavy atom. The van der Waals surface area contributed by atoms with Crippen molar-refractivity contribution in [2.24, 2.45) is 0 Å². The molecule has 1 rings (SSSR count). The summed E-state index contributed by atoms with van der Waals surface area (Å²) in [6.45, 7) is 7.77. The van der Waals surface area contributed by atoms with Gasteiger partial charge in [0.15, 0.2) is 0 Å². The Bertz CT molecular complexity index is 290. The van der Waals surface area contributed by atoms with Gasteiger partial charge in [0, 0.05) is 24.5 Å². The first kappa shape index (κ1) is 12.6. The number of hydrogen-bond acceptors (Lipinski definition) is 2. The summed E-state index contributed by atoms with van der Waals surface area (Å²) in [4.78, 5) is 0. The van der Waals surface area contributed by atoms with Crippen molar-refractivity contribution in [2.45, 2.75) is 26.2 Å². The molecule has 88 valence electrons. The van der Waals surface area contributed by atoms with Crippen molar-refractivity contribution in [1.29, 1.82) is 0 Å². The molecule has 0 saturated carbocycles. The van der Waals surface area contributed by atoms with Crippen LogP contribution in [0.1, 0.15) is 26.2 Å². The summed E-state index contributed by atoms with van der Waals surface area (Å²) in [6, 6.07) is 8.39. The first-order valence-corrected chi connectivity index (χ1v) is 6.05. The molecule has 2 heteroatoms. The number of benzene rings is 1. The normalized spacial score (nSPS) is 9.81. The fourth-order valence-electron chi connectivity index (χ4n) is 1.50. The predicted molar refractivity (Wildman–Crippen MR) is 73.1 cm³/mol. The smallest absolute Gasteiger partial charge is 0.0344 e. The van der Waals surface area contributed by atoms with Gasteiger partial charge in [0.25, 0.3) is 0 Å². The summed E-state index contributed by atoms with van der Waals surface area (Å²) < 4.78 is 0. The lowest BCUT2D eigenvalue weighted by molar-refractivity contribution is 0.744. The van der Waals surface area contributed by atoms with Crippen LogP contribution in [0.2, 0.25) is 0 Å². The third-order valence-corrected chi connectivity index (χ3v) is 2.44. The average Bonchev–Trinajstić information content (AvgIpc) is 2.33. The molecule has 0 bridgehead atoms. The van der Waals surface area contributed by atoms with E-state index in [-0.39, 0.29) is 0 Å². The number of unbranched alkanes of at least 4 members (excludes halogenated alkanes) is 2. The quantitative estimate of drug-likeness (QED) is 0.511. The first-order chi connectivity index (χ1) is 7.86. The van der Waals surface area contributed by atoms with Crippen LogP contribution in [0.4, 0.5) is 11.4 Å². The van der Waals surface area contributed by atoms with Gasteiger partial charge in [-0.15, -0.1) is 6.58 Å². The Kier molecular flexibility index (Phi) is 6.16. The molecular formula is C14H22N2. The molecule has 0 heterocycles. The van der Waals surface area contributed by atoms with Crippen molar-refractivity contribution >= 4 is 11.4 Å². The van der Waals surface area contributed by atoms with E-state index in [4.69, 9.17) is 0 Å². The molecule has 1 aromatic carbocycles. The lowest BCUT2D eigenvalue weighted by Gasteiger charge is -2.07. The highest BCUT2D eigenvalue weighted by molar-refractivity contribution is 5.53. The standard InChI is InChI=1S/C14H22N2/c1-3-5-6-12-16-14-9-7-13(8-10-14)15-11-4-2/h4,7-10,15-16H,2-3,5-6,11-12H2,1H3. The van der Waals surface area contributed by atoms with Gasteiger partial charge in [-0.05, 0) is 30.7 Å². The number of nitrogens with one attached hydrogen (secondary N) is 2. The Hall–Kier alpha value is -1.44. The summed E-state index contributed by atoms with van der Waals surface area (Å²) in [7, 11) is 0. The van der Waals surface area contributed by atoms with Crippen molar-refractivity contribution in [3.8, 4) is 0 Å². The van der Waals surface area contributed by atoms with Crippen molar-refractivity contribution in [2.75, 3.05) is 23.7 Å². The van der Waals surface area contributed by atoms with Crippen molar-refractivity contribution < 1.29 is 0 Å². The van der Waals surface area contributed by atoms with Crippen LogP contribution in [0, 0.1) is 0 Å². The minimum absolute atomic E-state index is 0.809. The molecule has 16 heavy (non-hydrogen) atoms. The molecule has 0 fully saturated rings. The Morgan fingerprint density at radius 1 is 1.06 bits per heavy atom. The molecule has 0 unspecified atom stereocenters. The van der Waals surface area contributed by atoms with Crippen molar-refractivity contribution in [3.05, 3.63) is 36.9 Å². The topological polar surface area (TPSA) is 24.1 Å². The SMILES string of the molecule is C=CCNc1ccc(NCCCCC)cc1. The molecule has 0 amide bonds. The maximum atomic E-state index is 3.68. The largest absolute Gasteiger partial charge is 0.385 e. The highest BCUT2D eigenvalue weighted by Crippen LogP contribution is 2.13. The summed E-state index contributed by atoms with van der Waals surface area (Å²) >= 11 is 0. The predicted octanol–water partition coefficient (Wildman–Crippen LogP) is 3.89. The zero-order chi connectivity index (χ0) is 11.6. The molecule has 0 aliphatic heterocycles. The van der Waals surface area contributed by atoms with E-state index in [9.17, 15) is 0 Å². The van der Waals surface area contributed by atoms with Crippen molar-refractivity contribution in [3.63, 3.8) is 0 Å². The van der Waals surface area contributed by atoms with Gasteiger partial charge in [-0.1, -0.05) is 25.8 Å². The van der Waals surface area contributed by atoms with Gasteiger partial charge < -0.3 is 10.6 Å². The van der Waals surface area contributed by atoms with Crippen LogP contribution in [0.15, 0.2) is 36.9 Å². The van der Waals surface area contributed by atoms with Crippen LogP contribution in [-0.4, -0.2) is 13.1 Å². The van der Waals surface area contributed by atoms with E-state index in [1.807, 2.05) is 6.08 Å². The molecule has 0 aliphatic carbocycles. The van der Waals surface area contributed by atoms with Gasteiger partial charge in [-0.2, -0.15) is 0 Å². The fraction of sp³-hybridized carbons (Fsp3) is 0.429. The van der Waals surface area contributed by atoms with E-state index < -0.39 is 0 Å². The zero-order valence-electron chi connectivity index (χ0n) is 10.1. The third-order valence-electron chi connectivity index (χ3n) is 2.44. The second-order valence-corrected chi connectivity index (χ2v) is 3.88.